The molecule has 12 rings (SSSR count). The molecule has 0 fully saturated rings. The summed E-state index contributed by atoms with van der Waals surface area (Å²) >= 11 is 0. The maximum atomic E-state index is 7.38. The lowest BCUT2D eigenvalue weighted by Crippen LogP contribution is -2.61. The second kappa shape index (κ2) is 13.0. The van der Waals surface area contributed by atoms with Crippen molar-refractivity contribution in [1.82, 2.24) is 0 Å². The first-order valence-electron chi connectivity index (χ1n) is 23.3. The zero-order valence-corrected chi connectivity index (χ0v) is 38.7. The molecule has 3 heterocycles. The summed E-state index contributed by atoms with van der Waals surface area (Å²) in [7, 11) is 0. The molecule has 2 aliphatic carbocycles. The van der Waals surface area contributed by atoms with Gasteiger partial charge in [0.05, 0.1) is 0 Å². The van der Waals surface area contributed by atoms with Crippen molar-refractivity contribution in [3.63, 3.8) is 0 Å². The third-order valence-corrected chi connectivity index (χ3v) is 15.0. The van der Waals surface area contributed by atoms with E-state index in [0.717, 1.165) is 30.0 Å². The number of hydrogen-bond donors (Lipinski definition) is 0. The van der Waals surface area contributed by atoms with E-state index in [0.29, 0.717) is 0 Å². The van der Waals surface area contributed by atoms with Gasteiger partial charge in [-0.15, -0.1) is 0 Å². The molecule has 0 amide bonds. The van der Waals surface area contributed by atoms with E-state index in [1.807, 2.05) is 0 Å². The molecule has 3 nitrogen and oxygen atoms in total. The lowest BCUT2D eigenvalue weighted by molar-refractivity contribution is 0.590. The van der Waals surface area contributed by atoms with Gasteiger partial charge in [-0.1, -0.05) is 129 Å². The quantitative estimate of drug-likeness (QED) is 0.166. The zero-order chi connectivity index (χ0) is 43.5. The molecule has 0 atom stereocenters. The molecular weight excluding hydrogens is 763 g/mol. The van der Waals surface area contributed by atoms with Crippen molar-refractivity contribution in [2.45, 2.75) is 111 Å². The number of furan rings is 1. The van der Waals surface area contributed by atoms with Crippen molar-refractivity contribution in [2.75, 3.05) is 9.80 Å². The van der Waals surface area contributed by atoms with Crippen LogP contribution in [0.4, 0.5) is 34.3 Å². The Kier molecular flexibility index (Phi) is 8.00. The van der Waals surface area contributed by atoms with E-state index in [-0.39, 0.29) is 23.0 Å². The highest BCUT2D eigenvalue weighted by Gasteiger charge is 2.47. The van der Waals surface area contributed by atoms with Gasteiger partial charge < -0.3 is 9.32 Å². The standard InChI is InChI=1S/C59H57BN2O/c1-34-11-26-49-48(27-34)60-54-47-30-38-29-42(59(8,9)10)15-12-35(38)33-52(47)63-56(54)62(44-22-18-41(19-23-44)58(5,6)7)51-32-39(53-45-24-13-36(45)28-37-14-25-46(37)53)31-50(55(51)60)61(49)43-20-16-40(17-21-43)57(2,3)4/h11-12,15-23,26-33H,13-14,24-25H2,1-10H3. The monoisotopic (exact) mass is 820 g/mol. The Labute approximate surface area is 373 Å². The van der Waals surface area contributed by atoms with E-state index in [2.05, 4.69) is 194 Å². The number of hydrogen-bond acceptors (Lipinski definition) is 3. The van der Waals surface area contributed by atoms with Crippen LogP contribution in [-0.4, -0.2) is 6.71 Å². The molecule has 0 unspecified atom stereocenters. The van der Waals surface area contributed by atoms with Crippen LogP contribution in [0.5, 0.6) is 0 Å². The SMILES string of the molecule is Cc1ccc2c(c1)B1c3c(cc(-c4c5c(cc6c4CC6)CC5)cc3N(c3ccc(C(C)(C)C)cc3)c3oc4cc5ccc(C(C)(C)C)cc5cc4c31)N2c1ccc(C(C)(C)C)cc1. The minimum absolute atomic E-state index is 0.0306. The first-order valence-corrected chi connectivity index (χ1v) is 23.3. The summed E-state index contributed by atoms with van der Waals surface area (Å²) in [5.74, 6) is 0.921. The molecule has 0 radical (unpaired) electrons. The molecule has 4 aliphatic rings. The van der Waals surface area contributed by atoms with Crippen LogP contribution in [0.3, 0.4) is 0 Å². The van der Waals surface area contributed by atoms with Gasteiger partial charge in [-0.05, 0) is 175 Å². The van der Waals surface area contributed by atoms with Gasteiger partial charge in [0.1, 0.15) is 5.58 Å². The van der Waals surface area contributed by atoms with Gasteiger partial charge in [0, 0.05) is 39.3 Å². The summed E-state index contributed by atoms with van der Waals surface area (Å²) in [4.78, 5) is 5.07. The molecule has 312 valence electrons. The maximum absolute atomic E-state index is 7.38. The highest BCUT2D eigenvalue weighted by atomic mass is 16.4. The van der Waals surface area contributed by atoms with Crippen LogP contribution in [0.25, 0.3) is 32.9 Å². The minimum atomic E-state index is -0.0460. The average molecular weight is 821 g/mol. The van der Waals surface area contributed by atoms with Crippen LogP contribution in [0, 0.1) is 6.92 Å². The van der Waals surface area contributed by atoms with Crippen LogP contribution in [0.2, 0.25) is 0 Å². The highest BCUT2D eigenvalue weighted by molar-refractivity contribution is 7.01. The Balaban J connectivity index is 1.21. The van der Waals surface area contributed by atoms with Crippen molar-refractivity contribution in [3.8, 4) is 11.1 Å². The summed E-state index contributed by atoms with van der Waals surface area (Å²) in [6.45, 7) is 22.9. The van der Waals surface area contributed by atoms with Crippen LogP contribution >= 0.6 is 0 Å². The summed E-state index contributed by atoms with van der Waals surface area (Å²) in [5, 5.41) is 3.64. The first kappa shape index (κ1) is 38.7. The largest absolute Gasteiger partial charge is 0.440 e. The molecule has 2 aliphatic heterocycles. The number of nitrogens with zero attached hydrogens (tertiary/aromatic N) is 2. The van der Waals surface area contributed by atoms with Crippen molar-refractivity contribution >= 4 is 79.2 Å². The van der Waals surface area contributed by atoms with Crippen LogP contribution in [0.1, 0.15) is 107 Å². The molecule has 0 saturated carbocycles. The lowest BCUT2D eigenvalue weighted by atomic mass is 9.33. The molecule has 0 saturated heterocycles. The molecular formula is C59H57BN2O. The van der Waals surface area contributed by atoms with E-state index in [9.17, 15) is 0 Å². The predicted octanol–water partition coefficient (Wildman–Crippen LogP) is 13.7. The fourth-order valence-corrected chi connectivity index (χ4v) is 11.2. The Morgan fingerprint density at radius 1 is 0.492 bits per heavy atom. The van der Waals surface area contributed by atoms with Crippen molar-refractivity contribution in [3.05, 3.63) is 160 Å². The third-order valence-electron chi connectivity index (χ3n) is 15.0. The predicted molar refractivity (Wildman–Crippen MR) is 269 cm³/mol. The molecule has 1 aromatic heterocycles. The summed E-state index contributed by atoms with van der Waals surface area (Å²) < 4.78 is 7.38. The molecule has 0 bridgehead atoms. The van der Waals surface area contributed by atoms with Crippen LogP contribution in [-0.2, 0) is 41.9 Å². The average Bonchev–Trinajstić information content (AvgIpc) is 3.57. The van der Waals surface area contributed by atoms with E-state index in [1.54, 1.807) is 22.3 Å². The van der Waals surface area contributed by atoms with Crippen molar-refractivity contribution < 1.29 is 4.42 Å². The van der Waals surface area contributed by atoms with E-state index >= 15 is 0 Å². The Bertz CT molecular complexity index is 3210. The molecule has 4 heteroatoms. The Morgan fingerprint density at radius 2 is 1.06 bits per heavy atom. The van der Waals surface area contributed by atoms with Crippen LogP contribution in [0.15, 0.2) is 120 Å². The number of anilines is 6. The fourth-order valence-electron chi connectivity index (χ4n) is 11.2. The molecule has 0 N–H and O–H groups in total. The second-order valence-electron chi connectivity index (χ2n) is 22.2. The smallest absolute Gasteiger partial charge is 0.257 e. The minimum Gasteiger partial charge on any atom is -0.440 e. The number of fused-ring (bicyclic) bond motifs is 9. The van der Waals surface area contributed by atoms with Gasteiger partial charge in [0.25, 0.3) is 6.71 Å². The van der Waals surface area contributed by atoms with Gasteiger partial charge in [0.2, 0.25) is 5.88 Å². The topological polar surface area (TPSA) is 19.6 Å². The van der Waals surface area contributed by atoms with Gasteiger partial charge in [-0.3, -0.25) is 4.90 Å². The highest BCUT2D eigenvalue weighted by Crippen LogP contribution is 2.51. The second-order valence-corrected chi connectivity index (χ2v) is 22.2. The fraction of sp³-hybridized carbons (Fsp3) is 0.288. The molecule has 0 spiro atoms. The normalized spacial score (nSPS) is 15.1. The molecule has 7 aromatic carbocycles. The maximum Gasteiger partial charge on any atom is 0.257 e. The van der Waals surface area contributed by atoms with Gasteiger partial charge in [-0.25, -0.2) is 0 Å². The Morgan fingerprint density at radius 3 is 1.63 bits per heavy atom. The van der Waals surface area contributed by atoms with Crippen LogP contribution < -0.4 is 26.2 Å². The summed E-state index contributed by atoms with van der Waals surface area (Å²) in [6, 6.07) is 45.2. The Hall–Kier alpha value is -6.00. The first-order chi connectivity index (χ1) is 30.0. The lowest BCUT2D eigenvalue weighted by Gasteiger charge is -2.43. The van der Waals surface area contributed by atoms with Crippen molar-refractivity contribution in [2.24, 2.45) is 0 Å². The third kappa shape index (κ3) is 5.79. The van der Waals surface area contributed by atoms with Gasteiger partial charge >= 0.3 is 0 Å². The number of benzene rings is 7. The summed E-state index contributed by atoms with van der Waals surface area (Å²) in [6.07, 6.45) is 4.63. The van der Waals surface area contributed by atoms with E-state index in [4.69, 9.17) is 4.42 Å². The number of aryl methyl sites for hydroxylation is 3. The van der Waals surface area contributed by atoms with E-state index in [1.165, 1.54) is 102 Å². The van der Waals surface area contributed by atoms with Gasteiger partial charge in [0.15, 0.2) is 0 Å². The van der Waals surface area contributed by atoms with E-state index < -0.39 is 0 Å². The molecule has 63 heavy (non-hydrogen) atoms. The summed E-state index contributed by atoms with van der Waals surface area (Å²) in [5.41, 5.74) is 25.2. The number of rotatable bonds is 3. The van der Waals surface area contributed by atoms with Crippen molar-refractivity contribution in [1.29, 1.82) is 0 Å². The van der Waals surface area contributed by atoms with Gasteiger partial charge in [-0.2, -0.15) is 0 Å². The molecule has 8 aromatic rings. The zero-order valence-electron chi connectivity index (χ0n) is 38.7.